The van der Waals surface area contributed by atoms with E-state index in [-0.39, 0.29) is 5.91 Å². The molecule has 0 fully saturated rings. The summed E-state index contributed by atoms with van der Waals surface area (Å²) in [4.78, 5) is 20.2. The number of nitrogens with two attached hydrogens (primary N) is 1. The number of carbonyl (C=O) groups excluding carboxylic acids is 1. The Morgan fingerprint density at radius 1 is 1.36 bits per heavy atom. The van der Waals surface area contributed by atoms with E-state index in [9.17, 15) is 4.79 Å². The first-order valence-corrected chi connectivity index (χ1v) is 8.15. The van der Waals surface area contributed by atoms with Gasteiger partial charge in [-0.15, -0.1) is 0 Å². The molecule has 0 aliphatic rings. The molecule has 0 spiro atoms. The Bertz CT molecular complexity index is 645. The van der Waals surface area contributed by atoms with Crippen molar-refractivity contribution in [2.45, 2.75) is 25.0 Å². The third-order valence-electron chi connectivity index (χ3n) is 2.85. The minimum Gasteiger partial charge on any atom is -0.384 e. The van der Waals surface area contributed by atoms with Gasteiger partial charge in [0.05, 0.1) is 0 Å². The lowest BCUT2D eigenvalue weighted by molar-refractivity contribution is -0.120. The largest absolute Gasteiger partial charge is 0.384 e. The summed E-state index contributed by atoms with van der Waals surface area (Å²) < 4.78 is 0. The summed E-state index contributed by atoms with van der Waals surface area (Å²) in [5.74, 6) is 1.00. The van der Waals surface area contributed by atoms with Gasteiger partial charge in [0, 0.05) is 35.5 Å². The number of nitrogens with zero attached hydrogens (tertiary/aromatic N) is 2. The molecule has 0 saturated carbocycles. The zero-order chi connectivity index (χ0) is 15.9. The quantitative estimate of drug-likeness (QED) is 0.626. The van der Waals surface area contributed by atoms with Crippen LogP contribution in [0.3, 0.4) is 0 Å². The van der Waals surface area contributed by atoms with Gasteiger partial charge in [-0.3, -0.25) is 4.79 Å². The molecule has 1 aromatic carbocycles. The summed E-state index contributed by atoms with van der Waals surface area (Å²) in [7, 11) is 0. The topological polar surface area (TPSA) is 80.9 Å². The Kier molecular flexibility index (Phi) is 6.03. The van der Waals surface area contributed by atoms with Crippen molar-refractivity contribution in [3.05, 3.63) is 46.6 Å². The molecule has 0 bridgehead atoms. The van der Waals surface area contributed by atoms with Gasteiger partial charge in [0.15, 0.2) is 5.16 Å². The summed E-state index contributed by atoms with van der Waals surface area (Å²) in [6.45, 7) is 2.29. The number of hydrogen-bond acceptors (Lipinski definition) is 5. The molecule has 2 rings (SSSR count). The highest BCUT2D eigenvalue weighted by Crippen LogP contribution is 2.16. The van der Waals surface area contributed by atoms with E-state index in [4.69, 9.17) is 17.3 Å². The molecule has 1 aromatic heterocycles. The van der Waals surface area contributed by atoms with E-state index < -0.39 is 0 Å². The molecular weight excluding hydrogens is 320 g/mol. The zero-order valence-corrected chi connectivity index (χ0v) is 13.7. The second-order valence-corrected chi connectivity index (χ2v) is 6.15. The number of carbonyl (C=O) groups is 1. The van der Waals surface area contributed by atoms with Gasteiger partial charge < -0.3 is 11.1 Å². The van der Waals surface area contributed by atoms with Gasteiger partial charge in [-0.25, -0.2) is 9.97 Å². The lowest BCUT2D eigenvalue weighted by Crippen LogP contribution is -2.23. The van der Waals surface area contributed by atoms with Crippen LogP contribution in [0, 0.1) is 6.92 Å². The van der Waals surface area contributed by atoms with E-state index in [2.05, 4.69) is 15.3 Å². The average molecular weight is 337 g/mol. The first kappa shape index (κ1) is 16.6. The summed E-state index contributed by atoms with van der Waals surface area (Å²) in [6, 6.07) is 9.15. The van der Waals surface area contributed by atoms with E-state index >= 15 is 0 Å². The summed E-state index contributed by atoms with van der Waals surface area (Å²) in [5.41, 5.74) is 7.38. The summed E-state index contributed by atoms with van der Waals surface area (Å²) in [5, 5.41) is 4.09. The maximum Gasteiger partial charge on any atom is 0.221 e. The minimum atomic E-state index is -0.0342. The highest BCUT2D eigenvalue weighted by Gasteiger charge is 2.06. The fourth-order valence-electron chi connectivity index (χ4n) is 1.79. The van der Waals surface area contributed by atoms with Crippen LogP contribution in [0.5, 0.6) is 0 Å². The van der Waals surface area contributed by atoms with E-state index in [0.29, 0.717) is 34.7 Å². The van der Waals surface area contributed by atoms with Crippen molar-refractivity contribution >= 4 is 35.1 Å². The number of rotatable bonds is 6. The van der Waals surface area contributed by atoms with Crippen LogP contribution in [0.25, 0.3) is 0 Å². The Morgan fingerprint density at radius 3 is 2.86 bits per heavy atom. The van der Waals surface area contributed by atoms with Gasteiger partial charge in [-0.2, -0.15) is 0 Å². The van der Waals surface area contributed by atoms with E-state index in [0.717, 1.165) is 11.3 Å². The van der Waals surface area contributed by atoms with Crippen LogP contribution in [0.2, 0.25) is 5.02 Å². The normalized spacial score (nSPS) is 10.5. The molecule has 1 amide bonds. The summed E-state index contributed by atoms with van der Waals surface area (Å²) in [6.07, 6.45) is 0.381. The average Bonchev–Trinajstić information content (AvgIpc) is 2.45. The number of nitrogen functional groups attached to an aromatic ring is 1. The molecule has 5 nitrogen and oxygen atoms in total. The van der Waals surface area contributed by atoms with Crippen molar-refractivity contribution in [3.8, 4) is 0 Å². The molecule has 1 heterocycles. The van der Waals surface area contributed by atoms with Crippen molar-refractivity contribution in [3.63, 3.8) is 0 Å². The first-order chi connectivity index (χ1) is 10.5. The van der Waals surface area contributed by atoms with E-state index in [1.807, 2.05) is 25.1 Å². The monoisotopic (exact) mass is 336 g/mol. The molecule has 3 N–H and O–H groups in total. The Hall–Kier alpha value is -1.79. The highest BCUT2D eigenvalue weighted by atomic mass is 35.5. The summed E-state index contributed by atoms with van der Waals surface area (Å²) >= 11 is 7.45. The number of thioether (sulfide) groups is 1. The number of amides is 1. The molecule has 0 radical (unpaired) electrons. The predicted molar refractivity (Wildman–Crippen MR) is 89.8 cm³/mol. The van der Waals surface area contributed by atoms with Crippen molar-refractivity contribution in [1.82, 2.24) is 15.3 Å². The van der Waals surface area contributed by atoms with Crippen molar-refractivity contribution in [2.75, 3.05) is 11.5 Å². The number of hydrogen-bond donors (Lipinski definition) is 2. The molecular formula is C15H17ClN4OS. The Morgan fingerprint density at radius 2 is 2.14 bits per heavy atom. The standard InChI is InChI=1S/C15H17ClN4OS/c1-10-8-13(17)20-15(19-10)22-7-6-14(21)18-9-11-4-2-3-5-12(11)16/h2-5,8H,6-7,9H2,1H3,(H,18,21)(H2,17,19,20). The molecule has 7 heteroatoms. The molecule has 22 heavy (non-hydrogen) atoms. The molecule has 0 aliphatic carbocycles. The number of benzene rings is 1. The maximum absolute atomic E-state index is 11.8. The second-order valence-electron chi connectivity index (χ2n) is 4.68. The Labute approximate surface area is 138 Å². The first-order valence-electron chi connectivity index (χ1n) is 6.78. The van der Waals surface area contributed by atoms with Crippen LogP contribution in [0.15, 0.2) is 35.5 Å². The van der Waals surface area contributed by atoms with Crippen LogP contribution in [0.4, 0.5) is 5.82 Å². The van der Waals surface area contributed by atoms with E-state index in [1.165, 1.54) is 11.8 Å². The molecule has 0 atom stereocenters. The number of anilines is 1. The fraction of sp³-hybridized carbons (Fsp3) is 0.267. The molecule has 2 aromatic rings. The van der Waals surface area contributed by atoms with E-state index in [1.54, 1.807) is 12.1 Å². The van der Waals surface area contributed by atoms with Gasteiger partial charge in [-0.1, -0.05) is 41.6 Å². The molecule has 0 unspecified atom stereocenters. The van der Waals surface area contributed by atoms with Gasteiger partial charge >= 0.3 is 0 Å². The number of halogens is 1. The fourth-order valence-corrected chi connectivity index (χ4v) is 2.84. The van der Waals surface area contributed by atoms with Gasteiger partial charge in [-0.05, 0) is 18.6 Å². The maximum atomic E-state index is 11.8. The van der Waals surface area contributed by atoms with Crippen molar-refractivity contribution < 1.29 is 4.79 Å². The van der Waals surface area contributed by atoms with Crippen LogP contribution < -0.4 is 11.1 Å². The predicted octanol–water partition coefficient (Wildman–Crippen LogP) is 2.82. The van der Waals surface area contributed by atoms with Gasteiger partial charge in [0.25, 0.3) is 0 Å². The SMILES string of the molecule is Cc1cc(N)nc(SCCC(=O)NCc2ccccc2Cl)n1. The van der Waals surface area contributed by atoms with Gasteiger partial charge in [0.1, 0.15) is 5.82 Å². The second kappa shape index (κ2) is 8.00. The lowest BCUT2D eigenvalue weighted by Gasteiger charge is -2.07. The number of aryl methyl sites for hydroxylation is 1. The minimum absolute atomic E-state index is 0.0342. The lowest BCUT2D eigenvalue weighted by atomic mass is 10.2. The van der Waals surface area contributed by atoms with Crippen LogP contribution in [0.1, 0.15) is 17.7 Å². The van der Waals surface area contributed by atoms with Crippen LogP contribution >= 0.6 is 23.4 Å². The van der Waals surface area contributed by atoms with Crippen molar-refractivity contribution in [1.29, 1.82) is 0 Å². The zero-order valence-electron chi connectivity index (χ0n) is 12.2. The smallest absolute Gasteiger partial charge is 0.221 e. The Balaban J connectivity index is 1.75. The van der Waals surface area contributed by atoms with Crippen LogP contribution in [-0.4, -0.2) is 21.6 Å². The molecule has 0 saturated heterocycles. The highest BCUT2D eigenvalue weighted by molar-refractivity contribution is 7.99. The third-order valence-corrected chi connectivity index (χ3v) is 4.07. The number of aromatic nitrogens is 2. The molecule has 0 aliphatic heterocycles. The van der Waals surface area contributed by atoms with Crippen molar-refractivity contribution in [2.24, 2.45) is 0 Å². The van der Waals surface area contributed by atoms with Gasteiger partial charge in [0.2, 0.25) is 5.91 Å². The third kappa shape index (κ3) is 5.20. The van der Waals surface area contributed by atoms with Crippen LogP contribution in [-0.2, 0) is 11.3 Å². The molecule has 116 valence electrons. The number of nitrogens with one attached hydrogen (secondary N) is 1.